The van der Waals surface area contributed by atoms with E-state index in [9.17, 15) is 10.1 Å². The Kier molecular flexibility index (Phi) is 3.72. The molecule has 106 valence electrons. The normalized spacial score (nSPS) is 16.4. The van der Waals surface area contributed by atoms with Gasteiger partial charge in [0.05, 0.1) is 0 Å². The summed E-state index contributed by atoms with van der Waals surface area (Å²) in [5.41, 5.74) is 2.24. The number of fused-ring (bicyclic) bond motifs is 1. The van der Waals surface area contributed by atoms with Crippen LogP contribution in [-0.4, -0.2) is 40.9 Å². The second-order valence-corrected chi connectivity index (χ2v) is 6.33. The molecule has 1 aromatic carbocycles. The number of rotatable bonds is 3. The minimum absolute atomic E-state index is 0.0731. The van der Waals surface area contributed by atoms with E-state index in [-0.39, 0.29) is 25.6 Å². The van der Waals surface area contributed by atoms with Gasteiger partial charge in [-0.2, -0.15) is 0 Å². The molecule has 0 amide bonds. The summed E-state index contributed by atoms with van der Waals surface area (Å²) in [5, 5.41) is 11.0. The number of aromatic nitrogens is 2. The van der Waals surface area contributed by atoms with Gasteiger partial charge in [0.25, 0.3) is 0 Å². The van der Waals surface area contributed by atoms with Crippen LogP contribution < -0.4 is 4.90 Å². The first-order valence-electron chi connectivity index (χ1n) is 6.81. The van der Waals surface area contributed by atoms with Gasteiger partial charge in [-0.15, -0.1) is 0 Å². The van der Waals surface area contributed by atoms with Crippen molar-refractivity contribution in [3.05, 3.63) is 22.2 Å². The standard InChI is InChI=1S/C13H16N4O2Se/c1-16(9-5-3-2-4-6-9)10-7-8-11(17(18)19)13-12(10)14-20-15-13/h7-9H,2-6H2,1H3. The molecule has 0 radical (unpaired) electrons. The maximum atomic E-state index is 11.0. The summed E-state index contributed by atoms with van der Waals surface area (Å²) >= 11 is -0.253. The molecular weight excluding hydrogens is 323 g/mol. The van der Waals surface area contributed by atoms with E-state index in [2.05, 4.69) is 19.9 Å². The third-order valence-corrected chi connectivity index (χ3v) is 5.18. The first-order chi connectivity index (χ1) is 9.68. The summed E-state index contributed by atoms with van der Waals surface area (Å²) in [4.78, 5) is 12.9. The summed E-state index contributed by atoms with van der Waals surface area (Å²) in [6.45, 7) is 0. The van der Waals surface area contributed by atoms with E-state index in [1.54, 1.807) is 6.07 Å². The molecule has 0 aliphatic heterocycles. The zero-order valence-corrected chi connectivity index (χ0v) is 13.0. The van der Waals surface area contributed by atoms with Crippen LogP contribution in [0.1, 0.15) is 32.1 Å². The first-order valence-corrected chi connectivity index (χ1v) is 8.34. The van der Waals surface area contributed by atoms with Crippen LogP contribution in [0.25, 0.3) is 11.0 Å². The fourth-order valence-electron chi connectivity index (χ4n) is 2.94. The molecule has 0 bridgehead atoms. The van der Waals surface area contributed by atoms with Gasteiger partial charge in [0.2, 0.25) is 0 Å². The second kappa shape index (κ2) is 5.50. The van der Waals surface area contributed by atoms with Crippen LogP contribution >= 0.6 is 0 Å². The number of hydrogen-bond donors (Lipinski definition) is 0. The predicted molar refractivity (Wildman–Crippen MR) is 78.4 cm³/mol. The average Bonchev–Trinajstić information content (AvgIpc) is 2.95. The topological polar surface area (TPSA) is 72.2 Å². The predicted octanol–water partition coefficient (Wildman–Crippen LogP) is 2.36. The van der Waals surface area contributed by atoms with Gasteiger partial charge in [-0.3, -0.25) is 0 Å². The molecule has 1 fully saturated rings. The van der Waals surface area contributed by atoms with Crippen molar-refractivity contribution in [3.63, 3.8) is 0 Å². The molecule has 6 nitrogen and oxygen atoms in total. The van der Waals surface area contributed by atoms with Gasteiger partial charge in [0.15, 0.2) is 0 Å². The van der Waals surface area contributed by atoms with Crippen molar-refractivity contribution in [1.29, 1.82) is 0 Å². The number of benzene rings is 1. The number of nitro groups is 1. The van der Waals surface area contributed by atoms with E-state index in [0.29, 0.717) is 17.1 Å². The quantitative estimate of drug-likeness (QED) is 0.488. The Morgan fingerprint density at radius 2 is 1.95 bits per heavy atom. The summed E-state index contributed by atoms with van der Waals surface area (Å²) in [5.74, 6) is 0. The molecular formula is C13H16N4O2Se. The molecule has 1 aliphatic rings. The molecule has 0 atom stereocenters. The van der Waals surface area contributed by atoms with Crippen molar-refractivity contribution < 1.29 is 4.92 Å². The summed E-state index contributed by atoms with van der Waals surface area (Å²) < 4.78 is 8.64. The molecule has 0 saturated heterocycles. The minimum atomic E-state index is -0.371. The van der Waals surface area contributed by atoms with Gasteiger partial charge < -0.3 is 0 Å². The van der Waals surface area contributed by atoms with Crippen LogP contribution in [-0.2, 0) is 0 Å². The van der Waals surface area contributed by atoms with Crippen molar-refractivity contribution in [2.45, 2.75) is 38.1 Å². The number of non-ortho nitro benzene ring substituents is 1. The maximum absolute atomic E-state index is 11.0. The third kappa shape index (κ3) is 2.31. The average molecular weight is 339 g/mol. The number of anilines is 1. The van der Waals surface area contributed by atoms with Crippen LogP contribution in [0.3, 0.4) is 0 Å². The van der Waals surface area contributed by atoms with Gasteiger partial charge in [-0.1, -0.05) is 0 Å². The fraction of sp³-hybridized carbons (Fsp3) is 0.538. The molecule has 1 aliphatic carbocycles. The van der Waals surface area contributed by atoms with Gasteiger partial charge in [-0.05, 0) is 0 Å². The zero-order valence-electron chi connectivity index (χ0n) is 11.3. The Balaban J connectivity index is 2.01. The van der Waals surface area contributed by atoms with Gasteiger partial charge >= 0.3 is 123 Å². The van der Waals surface area contributed by atoms with Gasteiger partial charge in [-0.25, -0.2) is 0 Å². The molecule has 1 aromatic heterocycles. The zero-order chi connectivity index (χ0) is 14.1. The summed E-state index contributed by atoms with van der Waals surface area (Å²) in [7, 11) is 2.07. The van der Waals surface area contributed by atoms with Crippen LogP contribution in [0.4, 0.5) is 11.4 Å². The van der Waals surface area contributed by atoms with Crippen LogP contribution in [0.2, 0.25) is 0 Å². The Morgan fingerprint density at radius 3 is 2.65 bits per heavy atom. The van der Waals surface area contributed by atoms with Gasteiger partial charge in [0.1, 0.15) is 0 Å². The molecule has 0 N–H and O–H groups in total. The monoisotopic (exact) mass is 340 g/mol. The Hall–Kier alpha value is -1.46. The van der Waals surface area contributed by atoms with E-state index in [0.717, 1.165) is 5.69 Å². The van der Waals surface area contributed by atoms with E-state index in [1.807, 2.05) is 6.07 Å². The van der Waals surface area contributed by atoms with E-state index < -0.39 is 0 Å². The second-order valence-electron chi connectivity index (χ2n) is 5.23. The summed E-state index contributed by atoms with van der Waals surface area (Å²) in [6.07, 6.45) is 6.20. The molecule has 1 saturated carbocycles. The van der Waals surface area contributed by atoms with Crippen molar-refractivity contribution in [1.82, 2.24) is 7.96 Å². The Morgan fingerprint density at radius 1 is 1.25 bits per heavy atom. The van der Waals surface area contributed by atoms with Crippen molar-refractivity contribution in [3.8, 4) is 0 Å². The molecule has 7 heteroatoms. The van der Waals surface area contributed by atoms with Crippen molar-refractivity contribution in [2.75, 3.05) is 11.9 Å². The molecule has 2 aromatic rings. The first kappa shape index (κ1) is 13.5. The Bertz CT molecular complexity index is 636. The van der Waals surface area contributed by atoms with Crippen molar-refractivity contribution in [2.24, 2.45) is 0 Å². The number of nitro benzene ring substituents is 1. The van der Waals surface area contributed by atoms with Crippen LogP contribution in [0.5, 0.6) is 0 Å². The molecule has 20 heavy (non-hydrogen) atoms. The number of hydrogen-bond acceptors (Lipinski definition) is 5. The van der Waals surface area contributed by atoms with E-state index >= 15 is 0 Å². The van der Waals surface area contributed by atoms with Gasteiger partial charge in [0, 0.05) is 0 Å². The number of nitrogens with zero attached hydrogens (tertiary/aromatic N) is 4. The third-order valence-electron chi connectivity index (χ3n) is 4.07. The Labute approximate surface area is 123 Å². The molecule has 1 heterocycles. The van der Waals surface area contributed by atoms with Crippen LogP contribution in [0, 0.1) is 10.1 Å². The molecule has 0 spiro atoms. The van der Waals surface area contributed by atoms with E-state index in [4.69, 9.17) is 0 Å². The van der Waals surface area contributed by atoms with Crippen molar-refractivity contribution >= 4 is 37.4 Å². The van der Waals surface area contributed by atoms with Crippen LogP contribution in [0.15, 0.2) is 12.1 Å². The molecule has 0 unspecified atom stereocenters. The van der Waals surface area contributed by atoms with E-state index in [1.165, 1.54) is 32.1 Å². The fourth-order valence-corrected chi connectivity index (χ4v) is 4.12. The summed E-state index contributed by atoms with van der Waals surface area (Å²) in [6, 6.07) is 3.90. The molecule has 3 rings (SSSR count). The SMILES string of the molecule is CN(c1ccc([N+](=O)[O-])c2n[se]nc12)C1CCCCC1.